The summed E-state index contributed by atoms with van der Waals surface area (Å²) in [5.74, 6) is 0. The van der Waals surface area contributed by atoms with Crippen LogP contribution in [0.2, 0.25) is 0 Å². The molecule has 0 aliphatic carbocycles. The number of ether oxygens (including phenoxy) is 1. The molecule has 4 rings (SSSR count). The molecule has 7 nitrogen and oxygen atoms in total. The Morgan fingerprint density at radius 3 is 2.38 bits per heavy atom. The summed E-state index contributed by atoms with van der Waals surface area (Å²) < 4.78 is 33.4. The van der Waals surface area contributed by atoms with Crippen molar-refractivity contribution in [3.63, 3.8) is 0 Å². The third kappa shape index (κ3) is 3.25. The monoisotopic (exact) mass is 370 g/mol. The highest BCUT2D eigenvalue weighted by molar-refractivity contribution is 7.89. The van der Waals surface area contributed by atoms with Gasteiger partial charge in [0.2, 0.25) is 10.0 Å². The normalized spacial score (nSPS) is 16.6. The Morgan fingerprint density at radius 1 is 0.923 bits per heavy atom. The van der Waals surface area contributed by atoms with Crippen LogP contribution in [0.3, 0.4) is 0 Å². The van der Waals surface area contributed by atoms with E-state index in [1.165, 1.54) is 4.31 Å². The maximum absolute atomic E-state index is 13.1. The smallest absolute Gasteiger partial charge is 0.316 e. The van der Waals surface area contributed by atoms with Crippen molar-refractivity contribution in [2.24, 2.45) is 0 Å². The van der Waals surface area contributed by atoms with Crippen molar-refractivity contribution >= 4 is 20.9 Å². The van der Waals surface area contributed by atoms with Gasteiger partial charge in [-0.2, -0.15) is 4.31 Å². The number of benzene rings is 1. The zero-order valence-corrected chi connectivity index (χ0v) is 14.8. The molecule has 1 aliphatic heterocycles. The number of aromatic nitrogens is 3. The molecule has 2 aromatic heterocycles. The third-order valence-corrected chi connectivity index (χ3v) is 6.36. The van der Waals surface area contributed by atoms with Gasteiger partial charge in [0.1, 0.15) is 11.0 Å². The van der Waals surface area contributed by atoms with Crippen LogP contribution in [-0.2, 0) is 10.0 Å². The van der Waals surface area contributed by atoms with E-state index in [4.69, 9.17) is 4.74 Å². The Balaban J connectivity index is 1.51. The Labute approximate surface area is 151 Å². The van der Waals surface area contributed by atoms with Crippen molar-refractivity contribution in [3.05, 3.63) is 55.0 Å². The van der Waals surface area contributed by atoms with E-state index in [2.05, 4.69) is 15.0 Å². The number of hydrogen-bond donors (Lipinski definition) is 0. The summed E-state index contributed by atoms with van der Waals surface area (Å²) in [5.41, 5.74) is 0.506. The number of piperidine rings is 1. The lowest BCUT2D eigenvalue weighted by atomic mass is 10.1. The van der Waals surface area contributed by atoms with Gasteiger partial charge in [-0.1, -0.05) is 18.2 Å². The molecule has 26 heavy (non-hydrogen) atoms. The molecule has 0 spiro atoms. The van der Waals surface area contributed by atoms with Crippen LogP contribution in [0.1, 0.15) is 12.8 Å². The Morgan fingerprint density at radius 2 is 1.62 bits per heavy atom. The van der Waals surface area contributed by atoms with E-state index in [0.717, 1.165) is 5.39 Å². The summed E-state index contributed by atoms with van der Waals surface area (Å²) in [6.45, 7) is 0.784. The summed E-state index contributed by atoms with van der Waals surface area (Å²) >= 11 is 0. The standard InChI is InChI=1S/C18H18N4O3S/c23-26(24,16-6-1-4-14-5-2-9-19-17(14)16)22-12-7-15(8-13-22)25-18-20-10-3-11-21-18/h1-6,9-11,15H,7-8,12-13H2. The number of hydrogen-bond acceptors (Lipinski definition) is 6. The van der Waals surface area contributed by atoms with Gasteiger partial charge in [-0.15, -0.1) is 0 Å². The Kier molecular flexibility index (Phi) is 4.52. The lowest BCUT2D eigenvalue weighted by Crippen LogP contribution is -2.41. The quantitative estimate of drug-likeness (QED) is 0.700. The lowest BCUT2D eigenvalue weighted by Gasteiger charge is -2.31. The molecule has 0 amide bonds. The first-order chi connectivity index (χ1) is 12.6. The topological polar surface area (TPSA) is 85.3 Å². The predicted molar refractivity (Wildman–Crippen MR) is 96.2 cm³/mol. The summed E-state index contributed by atoms with van der Waals surface area (Å²) in [5, 5.41) is 0.813. The highest BCUT2D eigenvalue weighted by atomic mass is 32.2. The Bertz CT molecular complexity index is 998. The van der Waals surface area contributed by atoms with E-state index in [9.17, 15) is 8.42 Å². The van der Waals surface area contributed by atoms with Gasteiger partial charge < -0.3 is 4.74 Å². The maximum atomic E-state index is 13.1. The molecule has 0 saturated carbocycles. The summed E-state index contributed by atoms with van der Waals surface area (Å²) in [7, 11) is -3.60. The SMILES string of the molecule is O=S(=O)(c1cccc2cccnc12)N1CCC(Oc2ncccn2)CC1. The minimum absolute atomic E-state index is 0.0884. The number of para-hydroxylation sites is 1. The number of nitrogens with zero attached hydrogens (tertiary/aromatic N) is 4. The predicted octanol–water partition coefficient (Wildman–Crippen LogP) is 2.26. The summed E-state index contributed by atoms with van der Waals surface area (Å²) in [4.78, 5) is 12.6. The molecule has 1 saturated heterocycles. The van der Waals surface area contributed by atoms with E-state index in [-0.39, 0.29) is 11.0 Å². The molecule has 1 aliphatic rings. The van der Waals surface area contributed by atoms with Crippen molar-refractivity contribution in [3.8, 4) is 6.01 Å². The van der Waals surface area contributed by atoms with Crippen LogP contribution in [-0.4, -0.2) is 46.9 Å². The van der Waals surface area contributed by atoms with E-state index < -0.39 is 10.0 Å². The van der Waals surface area contributed by atoms with Gasteiger partial charge >= 0.3 is 6.01 Å². The van der Waals surface area contributed by atoms with Gasteiger partial charge in [-0.05, 0) is 31.0 Å². The average molecular weight is 370 g/mol. The van der Waals surface area contributed by atoms with Gasteiger partial charge in [-0.25, -0.2) is 18.4 Å². The first-order valence-corrected chi connectivity index (χ1v) is 9.86. The first-order valence-electron chi connectivity index (χ1n) is 8.42. The van der Waals surface area contributed by atoms with Crippen molar-refractivity contribution in [2.75, 3.05) is 13.1 Å². The molecule has 3 aromatic rings. The molecule has 1 fully saturated rings. The summed E-state index contributed by atoms with van der Waals surface area (Å²) in [6.07, 6.45) is 5.95. The third-order valence-electron chi connectivity index (χ3n) is 4.43. The van der Waals surface area contributed by atoms with Crippen LogP contribution in [0.15, 0.2) is 59.9 Å². The van der Waals surface area contributed by atoms with Crippen LogP contribution in [0.5, 0.6) is 6.01 Å². The maximum Gasteiger partial charge on any atom is 0.316 e. The number of fused-ring (bicyclic) bond motifs is 1. The molecule has 3 heterocycles. The zero-order valence-electron chi connectivity index (χ0n) is 14.0. The van der Waals surface area contributed by atoms with E-state index >= 15 is 0 Å². The van der Waals surface area contributed by atoms with Crippen molar-refractivity contribution in [1.29, 1.82) is 0 Å². The second-order valence-corrected chi connectivity index (χ2v) is 7.99. The minimum Gasteiger partial charge on any atom is -0.460 e. The molecule has 0 N–H and O–H groups in total. The zero-order chi connectivity index (χ0) is 18.0. The van der Waals surface area contributed by atoms with Gasteiger partial charge in [0, 0.05) is 37.1 Å². The van der Waals surface area contributed by atoms with Gasteiger partial charge in [0.15, 0.2) is 0 Å². The molecule has 0 bridgehead atoms. The highest BCUT2D eigenvalue weighted by Crippen LogP contribution is 2.27. The first kappa shape index (κ1) is 16.9. The number of pyridine rings is 1. The van der Waals surface area contributed by atoms with Gasteiger partial charge in [-0.3, -0.25) is 4.98 Å². The number of sulfonamides is 1. The number of rotatable bonds is 4. The molecule has 0 radical (unpaired) electrons. The molecule has 1 aromatic carbocycles. The van der Waals surface area contributed by atoms with Crippen molar-refractivity contribution in [2.45, 2.75) is 23.8 Å². The second kappa shape index (κ2) is 6.97. The highest BCUT2D eigenvalue weighted by Gasteiger charge is 2.31. The van der Waals surface area contributed by atoms with Crippen LogP contribution < -0.4 is 4.74 Å². The van der Waals surface area contributed by atoms with Gasteiger partial charge in [0.05, 0.1) is 5.52 Å². The van der Waals surface area contributed by atoms with Crippen LogP contribution in [0.25, 0.3) is 10.9 Å². The fourth-order valence-electron chi connectivity index (χ4n) is 3.11. The average Bonchev–Trinajstić information content (AvgIpc) is 2.69. The minimum atomic E-state index is -3.60. The van der Waals surface area contributed by atoms with Crippen molar-refractivity contribution < 1.29 is 13.2 Å². The van der Waals surface area contributed by atoms with Crippen LogP contribution >= 0.6 is 0 Å². The molecule has 8 heteroatoms. The fraction of sp³-hybridized carbons (Fsp3) is 0.278. The summed E-state index contributed by atoms with van der Waals surface area (Å²) in [6, 6.07) is 10.9. The molecular formula is C18H18N4O3S. The van der Waals surface area contributed by atoms with Crippen LogP contribution in [0, 0.1) is 0 Å². The lowest BCUT2D eigenvalue weighted by molar-refractivity contribution is 0.124. The van der Waals surface area contributed by atoms with E-state index in [1.807, 2.05) is 12.1 Å². The fourth-order valence-corrected chi connectivity index (χ4v) is 4.74. The molecule has 0 atom stereocenters. The molecular weight excluding hydrogens is 352 g/mol. The van der Waals surface area contributed by atoms with Gasteiger partial charge in [0.25, 0.3) is 0 Å². The molecule has 0 unspecified atom stereocenters. The van der Waals surface area contributed by atoms with Crippen molar-refractivity contribution in [1.82, 2.24) is 19.3 Å². The van der Waals surface area contributed by atoms with E-state index in [1.54, 1.807) is 42.9 Å². The molecule has 134 valence electrons. The van der Waals surface area contributed by atoms with E-state index in [0.29, 0.717) is 37.5 Å². The van der Waals surface area contributed by atoms with Crippen LogP contribution in [0.4, 0.5) is 0 Å². The second-order valence-electron chi connectivity index (χ2n) is 6.08. The Hall–Kier alpha value is -2.58. The largest absolute Gasteiger partial charge is 0.460 e.